The first-order valence-electron chi connectivity index (χ1n) is 8.26. The predicted octanol–water partition coefficient (Wildman–Crippen LogP) is 1.52. The number of fused-ring (bicyclic) bond motifs is 1. The molecule has 1 aromatic rings. The molecule has 0 heterocycles. The quantitative estimate of drug-likeness (QED) is 0.842. The zero-order valence-electron chi connectivity index (χ0n) is 14.6. The van der Waals surface area contributed by atoms with Crippen molar-refractivity contribution in [2.24, 2.45) is 11.7 Å². The summed E-state index contributed by atoms with van der Waals surface area (Å²) < 4.78 is 0. The molecule has 1 aliphatic carbocycles. The predicted molar refractivity (Wildman–Crippen MR) is 98.1 cm³/mol. The molecule has 2 atom stereocenters. The molecule has 0 saturated carbocycles. The number of nitrogens with zero attached hydrogens (tertiary/aromatic N) is 1. The molecule has 2 rings (SSSR count). The van der Waals surface area contributed by atoms with E-state index in [0.29, 0.717) is 0 Å². The molecule has 0 saturated heterocycles. The van der Waals surface area contributed by atoms with Crippen LogP contribution in [0.5, 0.6) is 0 Å². The molecule has 0 radical (unpaired) electrons. The highest BCUT2D eigenvalue weighted by atomic mass is 35.5. The van der Waals surface area contributed by atoms with Gasteiger partial charge in [0.1, 0.15) is 0 Å². The van der Waals surface area contributed by atoms with E-state index in [1.165, 1.54) is 11.1 Å². The summed E-state index contributed by atoms with van der Waals surface area (Å²) in [4.78, 5) is 25.9. The molecule has 1 aliphatic rings. The van der Waals surface area contributed by atoms with Crippen molar-refractivity contribution in [3.63, 3.8) is 0 Å². The smallest absolute Gasteiger partial charge is 0.241 e. The SMILES string of the molecule is CC(C)[C@H](N)C(=O)NCC(=O)N(C)C1CCc2ccccc2C1.Cl. The number of carbonyl (C=O) groups excluding carboxylic acids is 2. The molecule has 2 amide bonds. The number of rotatable bonds is 5. The summed E-state index contributed by atoms with van der Waals surface area (Å²) in [5.74, 6) is -0.285. The molecule has 6 heteroatoms. The van der Waals surface area contributed by atoms with E-state index in [1.54, 1.807) is 4.90 Å². The first-order valence-corrected chi connectivity index (χ1v) is 8.26. The summed E-state index contributed by atoms with van der Waals surface area (Å²) in [6.07, 6.45) is 2.82. The minimum atomic E-state index is -0.574. The number of halogens is 1. The Morgan fingerprint density at radius 1 is 1.29 bits per heavy atom. The molecule has 0 fully saturated rings. The fourth-order valence-electron chi connectivity index (χ4n) is 2.92. The van der Waals surface area contributed by atoms with Crippen LogP contribution < -0.4 is 11.1 Å². The molecule has 0 spiro atoms. The van der Waals surface area contributed by atoms with Crippen LogP contribution in [0.4, 0.5) is 0 Å². The maximum atomic E-state index is 12.3. The molecule has 0 bridgehead atoms. The third-order valence-electron chi connectivity index (χ3n) is 4.70. The van der Waals surface area contributed by atoms with Crippen LogP contribution in [-0.2, 0) is 22.4 Å². The van der Waals surface area contributed by atoms with Crippen molar-refractivity contribution in [3.05, 3.63) is 35.4 Å². The van der Waals surface area contributed by atoms with Gasteiger partial charge in [0.25, 0.3) is 0 Å². The molecule has 3 N–H and O–H groups in total. The van der Waals surface area contributed by atoms with E-state index in [4.69, 9.17) is 5.73 Å². The van der Waals surface area contributed by atoms with Crippen molar-refractivity contribution in [2.45, 2.75) is 45.2 Å². The number of benzene rings is 1. The van der Waals surface area contributed by atoms with Gasteiger partial charge < -0.3 is 16.0 Å². The second-order valence-corrected chi connectivity index (χ2v) is 6.66. The van der Waals surface area contributed by atoms with Gasteiger partial charge in [-0.05, 0) is 36.3 Å². The first-order chi connectivity index (χ1) is 10.9. The topological polar surface area (TPSA) is 75.4 Å². The Kier molecular flexibility index (Phi) is 7.70. The fourth-order valence-corrected chi connectivity index (χ4v) is 2.92. The van der Waals surface area contributed by atoms with Crippen LogP contribution in [0.3, 0.4) is 0 Å². The van der Waals surface area contributed by atoms with Crippen LogP contribution in [0, 0.1) is 5.92 Å². The zero-order chi connectivity index (χ0) is 17.0. The van der Waals surface area contributed by atoms with Gasteiger partial charge in [-0.2, -0.15) is 0 Å². The van der Waals surface area contributed by atoms with E-state index in [9.17, 15) is 9.59 Å². The molecule has 134 valence electrons. The summed E-state index contributed by atoms with van der Waals surface area (Å²) in [5, 5.41) is 2.65. The number of nitrogens with one attached hydrogen (secondary N) is 1. The number of carbonyl (C=O) groups is 2. The number of hydrogen-bond donors (Lipinski definition) is 2. The van der Waals surface area contributed by atoms with Gasteiger partial charge in [-0.1, -0.05) is 38.1 Å². The lowest BCUT2D eigenvalue weighted by Gasteiger charge is -2.32. The molecule has 1 unspecified atom stereocenters. The summed E-state index contributed by atoms with van der Waals surface area (Å²) in [6.45, 7) is 3.78. The highest BCUT2D eigenvalue weighted by Crippen LogP contribution is 2.23. The molecule has 1 aromatic carbocycles. The van der Waals surface area contributed by atoms with Crippen LogP contribution >= 0.6 is 12.4 Å². The van der Waals surface area contributed by atoms with E-state index >= 15 is 0 Å². The van der Waals surface area contributed by atoms with Crippen LogP contribution in [-0.4, -0.2) is 42.4 Å². The summed E-state index contributed by atoms with van der Waals surface area (Å²) >= 11 is 0. The Bertz CT molecular complexity index is 577. The lowest BCUT2D eigenvalue weighted by Crippen LogP contribution is -2.49. The van der Waals surface area contributed by atoms with E-state index in [-0.39, 0.29) is 42.7 Å². The average molecular weight is 354 g/mol. The summed E-state index contributed by atoms with van der Waals surface area (Å²) in [6, 6.07) is 7.99. The second kappa shape index (κ2) is 9.04. The molecular weight excluding hydrogens is 326 g/mol. The Morgan fingerprint density at radius 2 is 1.92 bits per heavy atom. The van der Waals surface area contributed by atoms with E-state index in [0.717, 1.165) is 19.3 Å². The van der Waals surface area contributed by atoms with Gasteiger partial charge in [-0.25, -0.2) is 0 Å². The van der Waals surface area contributed by atoms with Crippen molar-refractivity contribution in [2.75, 3.05) is 13.6 Å². The minimum Gasteiger partial charge on any atom is -0.346 e. The van der Waals surface area contributed by atoms with Crippen LogP contribution in [0.2, 0.25) is 0 Å². The van der Waals surface area contributed by atoms with Gasteiger partial charge in [-0.3, -0.25) is 9.59 Å². The monoisotopic (exact) mass is 353 g/mol. The average Bonchev–Trinajstić information content (AvgIpc) is 2.57. The lowest BCUT2D eigenvalue weighted by molar-refractivity contribution is -0.134. The zero-order valence-corrected chi connectivity index (χ0v) is 15.4. The maximum absolute atomic E-state index is 12.3. The van der Waals surface area contributed by atoms with Gasteiger partial charge in [-0.15, -0.1) is 12.4 Å². The number of likely N-dealkylation sites (N-methyl/N-ethyl adjacent to an activating group) is 1. The van der Waals surface area contributed by atoms with E-state index < -0.39 is 6.04 Å². The molecule has 24 heavy (non-hydrogen) atoms. The van der Waals surface area contributed by atoms with Gasteiger partial charge in [0.15, 0.2) is 0 Å². The maximum Gasteiger partial charge on any atom is 0.241 e. The van der Waals surface area contributed by atoms with Crippen LogP contribution in [0.1, 0.15) is 31.4 Å². The highest BCUT2D eigenvalue weighted by molar-refractivity contribution is 5.87. The molecular formula is C18H28ClN3O2. The normalized spacial score (nSPS) is 17.5. The Labute approximate surface area is 150 Å². The molecule has 0 aromatic heterocycles. The second-order valence-electron chi connectivity index (χ2n) is 6.66. The van der Waals surface area contributed by atoms with Crippen molar-refractivity contribution in [1.29, 1.82) is 0 Å². The van der Waals surface area contributed by atoms with Gasteiger partial charge in [0, 0.05) is 13.1 Å². The third kappa shape index (κ3) is 4.95. The van der Waals surface area contributed by atoms with Crippen molar-refractivity contribution in [1.82, 2.24) is 10.2 Å². The number of aryl methyl sites for hydroxylation is 1. The third-order valence-corrected chi connectivity index (χ3v) is 4.70. The highest BCUT2D eigenvalue weighted by Gasteiger charge is 2.25. The first kappa shape index (κ1) is 20.5. The van der Waals surface area contributed by atoms with E-state index in [2.05, 4.69) is 23.5 Å². The Hall–Kier alpha value is -1.59. The van der Waals surface area contributed by atoms with Gasteiger partial charge in [0.2, 0.25) is 11.8 Å². The Balaban J connectivity index is 0.00000288. The standard InChI is InChI=1S/C18H27N3O2.ClH/c1-12(2)17(19)18(23)20-11-16(22)21(3)15-9-8-13-6-4-5-7-14(13)10-15;/h4-7,12,15,17H,8-11,19H2,1-3H3,(H,20,23);1H/t15?,17-;/m0./s1. The summed E-state index contributed by atoms with van der Waals surface area (Å²) in [5.41, 5.74) is 8.47. The largest absolute Gasteiger partial charge is 0.346 e. The summed E-state index contributed by atoms with van der Waals surface area (Å²) in [7, 11) is 1.81. The number of amides is 2. The van der Waals surface area contributed by atoms with Crippen LogP contribution in [0.15, 0.2) is 24.3 Å². The lowest BCUT2D eigenvalue weighted by atomic mass is 9.87. The molecule has 5 nitrogen and oxygen atoms in total. The number of hydrogen-bond acceptors (Lipinski definition) is 3. The van der Waals surface area contributed by atoms with Gasteiger partial charge in [0.05, 0.1) is 12.6 Å². The fraction of sp³-hybridized carbons (Fsp3) is 0.556. The van der Waals surface area contributed by atoms with Crippen LogP contribution in [0.25, 0.3) is 0 Å². The van der Waals surface area contributed by atoms with Crippen molar-refractivity contribution < 1.29 is 9.59 Å². The van der Waals surface area contributed by atoms with Crippen molar-refractivity contribution in [3.8, 4) is 0 Å². The van der Waals surface area contributed by atoms with Gasteiger partial charge >= 0.3 is 0 Å². The van der Waals surface area contributed by atoms with Crippen molar-refractivity contribution >= 4 is 24.2 Å². The minimum absolute atomic E-state index is 0. The Morgan fingerprint density at radius 3 is 2.54 bits per heavy atom. The van der Waals surface area contributed by atoms with E-state index in [1.807, 2.05) is 27.0 Å². The number of nitrogens with two attached hydrogens (primary N) is 1. The molecule has 0 aliphatic heterocycles.